The van der Waals surface area contributed by atoms with Gasteiger partial charge in [-0.25, -0.2) is 19.3 Å². The number of rotatable bonds is 6. The van der Waals surface area contributed by atoms with Crippen molar-refractivity contribution in [2.75, 3.05) is 5.32 Å². The van der Waals surface area contributed by atoms with E-state index in [1.165, 1.54) is 6.20 Å². The lowest BCUT2D eigenvalue weighted by Crippen LogP contribution is -2.32. The zero-order valence-corrected chi connectivity index (χ0v) is 15.2. The van der Waals surface area contributed by atoms with Gasteiger partial charge in [-0.15, -0.1) is 0 Å². The summed E-state index contributed by atoms with van der Waals surface area (Å²) in [5.74, 6) is -1.28. The molecule has 1 atom stereocenters. The second-order valence-corrected chi connectivity index (χ2v) is 7.53. The predicted molar refractivity (Wildman–Crippen MR) is 99.1 cm³/mol. The Morgan fingerprint density at radius 1 is 1.44 bits per heavy atom. The molecule has 1 aliphatic carbocycles. The van der Waals surface area contributed by atoms with Crippen LogP contribution < -0.4 is 5.32 Å². The van der Waals surface area contributed by atoms with Crippen molar-refractivity contribution in [2.24, 2.45) is 5.41 Å². The van der Waals surface area contributed by atoms with E-state index >= 15 is 0 Å². The van der Waals surface area contributed by atoms with Gasteiger partial charge in [0, 0.05) is 29.4 Å². The number of carboxylic acids is 1. The Bertz CT molecular complexity index is 1030. The van der Waals surface area contributed by atoms with Crippen molar-refractivity contribution in [3.63, 3.8) is 0 Å². The van der Waals surface area contributed by atoms with Crippen LogP contribution in [0.2, 0.25) is 5.02 Å². The highest BCUT2D eigenvalue weighted by molar-refractivity contribution is 6.31. The number of carbonyl (C=O) groups is 1. The normalized spacial score (nSPS) is 16.3. The zero-order valence-electron chi connectivity index (χ0n) is 14.5. The molecule has 27 heavy (non-hydrogen) atoms. The van der Waals surface area contributed by atoms with Gasteiger partial charge >= 0.3 is 5.97 Å². The standard InChI is InChI=1S/C18H17ClFN5O2/c1-18(2-3-18)13(5-14(26)27)24-17-12(20)8-23-16(25-17)11-7-22-15-10(11)4-9(19)6-21-15/h4,6-8,13H,2-3,5H2,1H3,(H,21,22)(H,26,27)(H,23,24,25)/t13-/m0/s1. The molecule has 1 fully saturated rings. The van der Waals surface area contributed by atoms with Gasteiger partial charge in [-0.3, -0.25) is 4.79 Å². The maximum Gasteiger partial charge on any atom is 0.305 e. The molecule has 0 bridgehead atoms. The molecule has 0 aromatic carbocycles. The maximum absolute atomic E-state index is 14.3. The molecule has 3 N–H and O–H groups in total. The number of anilines is 1. The number of fused-ring (bicyclic) bond motifs is 1. The number of aromatic amines is 1. The molecule has 4 rings (SSSR count). The minimum atomic E-state index is -0.937. The fourth-order valence-corrected chi connectivity index (χ4v) is 3.28. The van der Waals surface area contributed by atoms with E-state index in [4.69, 9.17) is 11.6 Å². The first-order valence-electron chi connectivity index (χ1n) is 8.49. The van der Waals surface area contributed by atoms with Crippen molar-refractivity contribution in [1.29, 1.82) is 0 Å². The first-order valence-corrected chi connectivity index (χ1v) is 8.87. The van der Waals surface area contributed by atoms with Crippen LogP contribution in [0.5, 0.6) is 0 Å². The molecule has 0 radical (unpaired) electrons. The minimum Gasteiger partial charge on any atom is -0.481 e. The highest BCUT2D eigenvalue weighted by atomic mass is 35.5. The maximum atomic E-state index is 14.3. The van der Waals surface area contributed by atoms with Crippen molar-refractivity contribution in [2.45, 2.75) is 32.2 Å². The summed E-state index contributed by atoms with van der Waals surface area (Å²) in [6.45, 7) is 1.99. The number of nitrogens with one attached hydrogen (secondary N) is 2. The van der Waals surface area contributed by atoms with E-state index in [0.29, 0.717) is 22.1 Å². The van der Waals surface area contributed by atoms with Crippen LogP contribution in [0.3, 0.4) is 0 Å². The second kappa shape index (κ2) is 6.45. The number of aliphatic carboxylic acids is 1. The Hall–Kier alpha value is -2.74. The number of pyridine rings is 1. The van der Waals surface area contributed by atoms with E-state index in [9.17, 15) is 14.3 Å². The molecule has 3 heterocycles. The topological polar surface area (TPSA) is 104 Å². The van der Waals surface area contributed by atoms with Crippen molar-refractivity contribution >= 4 is 34.4 Å². The SMILES string of the molecule is CC1([C@H](CC(=O)O)Nc2nc(-c3c[nH]c4ncc(Cl)cc34)ncc2F)CC1. The summed E-state index contributed by atoms with van der Waals surface area (Å²) in [7, 11) is 0. The number of hydrogen-bond acceptors (Lipinski definition) is 5. The average Bonchev–Trinajstić information content (AvgIpc) is 3.23. The Morgan fingerprint density at radius 2 is 2.22 bits per heavy atom. The zero-order chi connectivity index (χ0) is 19.2. The third-order valence-electron chi connectivity index (χ3n) is 5.05. The number of H-pyrrole nitrogens is 1. The van der Waals surface area contributed by atoms with Gasteiger partial charge in [-0.1, -0.05) is 18.5 Å². The van der Waals surface area contributed by atoms with E-state index in [1.54, 1.807) is 12.3 Å². The lowest BCUT2D eigenvalue weighted by atomic mass is 9.96. The molecular weight excluding hydrogens is 373 g/mol. The van der Waals surface area contributed by atoms with Crippen LogP contribution in [0.4, 0.5) is 10.2 Å². The summed E-state index contributed by atoms with van der Waals surface area (Å²) in [6.07, 6.45) is 5.96. The third kappa shape index (κ3) is 3.44. The van der Waals surface area contributed by atoms with E-state index in [1.807, 2.05) is 6.92 Å². The number of hydrogen-bond donors (Lipinski definition) is 3. The van der Waals surface area contributed by atoms with Crippen LogP contribution >= 0.6 is 11.6 Å². The summed E-state index contributed by atoms with van der Waals surface area (Å²) in [5.41, 5.74) is 1.08. The van der Waals surface area contributed by atoms with Gasteiger partial charge in [0.05, 0.1) is 17.6 Å². The molecule has 7 nitrogen and oxygen atoms in total. The lowest BCUT2D eigenvalue weighted by Gasteiger charge is -2.24. The van der Waals surface area contributed by atoms with Gasteiger partial charge in [0.2, 0.25) is 0 Å². The Labute approximate surface area is 159 Å². The van der Waals surface area contributed by atoms with Gasteiger partial charge in [0.15, 0.2) is 17.5 Å². The first kappa shape index (κ1) is 17.7. The van der Waals surface area contributed by atoms with E-state index in [-0.39, 0.29) is 17.7 Å². The number of aromatic nitrogens is 4. The van der Waals surface area contributed by atoms with Gasteiger partial charge in [0.1, 0.15) is 5.65 Å². The third-order valence-corrected chi connectivity index (χ3v) is 5.26. The van der Waals surface area contributed by atoms with Crippen LogP contribution in [0.1, 0.15) is 26.2 Å². The van der Waals surface area contributed by atoms with Crippen molar-refractivity contribution in [1.82, 2.24) is 19.9 Å². The van der Waals surface area contributed by atoms with E-state index in [0.717, 1.165) is 24.4 Å². The van der Waals surface area contributed by atoms with Crippen LogP contribution in [-0.2, 0) is 4.79 Å². The molecule has 1 saturated carbocycles. The van der Waals surface area contributed by atoms with Crippen molar-refractivity contribution in [3.05, 3.63) is 35.5 Å². The first-order chi connectivity index (χ1) is 12.9. The van der Waals surface area contributed by atoms with Gasteiger partial charge in [0.25, 0.3) is 0 Å². The van der Waals surface area contributed by atoms with Crippen LogP contribution in [0, 0.1) is 11.2 Å². The van der Waals surface area contributed by atoms with E-state index in [2.05, 4.69) is 25.3 Å². The van der Waals surface area contributed by atoms with Crippen molar-refractivity contribution in [3.8, 4) is 11.4 Å². The molecule has 9 heteroatoms. The smallest absolute Gasteiger partial charge is 0.305 e. The monoisotopic (exact) mass is 389 g/mol. The average molecular weight is 390 g/mol. The molecule has 3 aromatic heterocycles. The second-order valence-electron chi connectivity index (χ2n) is 7.09. The number of carboxylic acid groups (broad SMARTS) is 1. The molecule has 0 unspecified atom stereocenters. The molecule has 0 spiro atoms. The van der Waals surface area contributed by atoms with Gasteiger partial charge in [-0.2, -0.15) is 0 Å². The summed E-state index contributed by atoms with van der Waals surface area (Å²) < 4.78 is 14.3. The molecular formula is C18H17ClFN5O2. The molecule has 0 saturated heterocycles. The quantitative estimate of drug-likeness (QED) is 0.591. The van der Waals surface area contributed by atoms with Crippen molar-refractivity contribution < 1.29 is 14.3 Å². The fourth-order valence-electron chi connectivity index (χ4n) is 3.12. The highest BCUT2D eigenvalue weighted by Gasteiger charge is 2.46. The Balaban J connectivity index is 1.70. The van der Waals surface area contributed by atoms with E-state index < -0.39 is 17.8 Å². The largest absolute Gasteiger partial charge is 0.481 e. The molecule has 140 valence electrons. The van der Waals surface area contributed by atoms with Crippen LogP contribution in [0.25, 0.3) is 22.4 Å². The summed E-state index contributed by atoms with van der Waals surface area (Å²) in [4.78, 5) is 26.8. The minimum absolute atomic E-state index is 0.0105. The summed E-state index contributed by atoms with van der Waals surface area (Å²) in [5, 5.41) is 13.3. The Kier molecular flexibility index (Phi) is 4.22. The molecule has 0 aliphatic heterocycles. The predicted octanol–water partition coefficient (Wildman–Crippen LogP) is 3.87. The molecule has 3 aromatic rings. The molecule has 0 amide bonds. The van der Waals surface area contributed by atoms with Gasteiger partial charge < -0.3 is 15.4 Å². The fraction of sp³-hybridized carbons (Fsp3) is 0.333. The summed E-state index contributed by atoms with van der Waals surface area (Å²) >= 11 is 6.02. The number of halogens is 2. The van der Waals surface area contributed by atoms with Crippen LogP contribution in [-0.4, -0.2) is 37.1 Å². The summed E-state index contributed by atoms with van der Waals surface area (Å²) in [6, 6.07) is 1.32. The lowest BCUT2D eigenvalue weighted by molar-refractivity contribution is -0.137. The molecule has 1 aliphatic rings. The highest BCUT2D eigenvalue weighted by Crippen LogP contribution is 2.50. The number of nitrogens with zero attached hydrogens (tertiary/aromatic N) is 3. The van der Waals surface area contributed by atoms with Gasteiger partial charge in [-0.05, 0) is 24.3 Å². The Morgan fingerprint density at radius 3 is 2.93 bits per heavy atom. The van der Waals surface area contributed by atoms with Crippen LogP contribution in [0.15, 0.2) is 24.7 Å².